The van der Waals surface area contributed by atoms with E-state index in [-0.39, 0.29) is 39.8 Å². The maximum Gasteiger partial charge on any atom is 0.312 e. The molecule has 0 spiro atoms. The number of esters is 1. The third-order valence-corrected chi connectivity index (χ3v) is 6.84. The van der Waals surface area contributed by atoms with E-state index in [1.807, 2.05) is 0 Å². The fourth-order valence-corrected chi connectivity index (χ4v) is 4.95. The number of carbonyl (C=O) groups excluding carboxylic acids is 2. The standard InChI is InChI=1S/C28H17ClFNO6/c1-35-14-6-5-13-9-17(28(34)31-21(13)10-14)16-12-24(32)36-22-8-7-15-26(33)23(37-27(15)25(16)22)11-18-19(29)3-2-4-20(18)30/h2-11,16H,12H2,1H3,(H,31,34)/b23-11-/t16-/m0/s1. The zero-order valence-electron chi connectivity index (χ0n) is 19.3. The number of ether oxygens (including phenoxy) is 3. The van der Waals surface area contributed by atoms with Gasteiger partial charge in [0.25, 0.3) is 5.56 Å². The number of methoxy groups -OCH3 is 1. The Labute approximate surface area is 214 Å². The van der Waals surface area contributed by atoms with Crippen LogP contribution in [0.3, 0.4) is 0 Å². The largest absolute Gasteiger partial charge is 0.497 e. The normalized spacial score (nSPS) is 17.4. The van der Waals surface area contributed by atoms with Crippen LogP contribution in [0.4, 0.5) is 4.39 Å². The summed E-state index contributed by atoms with van der Waals surface area (Å²) in [4.78, 5) is 41.7. The Morgan fingerprint density at radius 2 is 1.92 bits per heavy atom. The summed E-state index contributed by atoms with van der Waals surface area (Å²) in [5, 5.41) is 0.850. The molecule has 0 bridgehead atoms. The Hall–Kier alpha value is -4.43. The van der Waals surface area contributed by atoms with Crippen molar-refractivity contribution in [3.8, 4) is 17.2 Å². The molecule has 1 aromatic heterocycles. The second kappa shape index (κ2) is 8.60. The van der Waals surface area contributed by atoms with Gasteiger partial charge in [-0.25, -0.2) is 4.39 Å². The highest BCUT2D eigenvalue weighted by molar-refractivity contribution is 6.32. The summed E-state index contributed by atoms with van der Waals surface area (Å²) in [5.74, 6) is -1.56. The third-order valence-electron chi connectivity index (χ3n) is 6.51. The number of fused-ring (bicyclic) bond motifs is 4. The van der Waals surface area contributed by atoms with E-state index in [1.165, 1.54) is 43.5 Å². The summed E-state index contributed by atoms with van der Waals surface area (Å²) in [7, 11) is 1.53. The van der Waals surface area contributed by atoms with Crippen molar-refractivity contribution in [3.05, 3.63) is 104 Å². The number of ketones is 1. The highest BCUT2D eigenvalue weighted by Gasteiger charge is 2.39. The molecule has 0 saturated heterocycles. The van der Waals surface area contributed by atoms with Crippen LogP contribution in [0.5, 0.6) is 17.2 Å². The monoisotopic (exact) mass is 517 g/mol. The van der Waals surface area contributed by atoms with Crippen molar-refractivity contribution in [2.24, 2.45) is 0 Å². The van der Waals surface area contributed by atoms with Crippen LogP contribution in [-0.4, -0.2) is 23.8 Å². The van der Waals surface area contributed by atoms with Crippen LogP contribution in [0.15, 0.2) is 65.2 Å². The summed E-state index contributed by atoms with van der Waals surface area (Å²) in [6.45, 7) is 0. The maximum atomic E-state index is 14.4. The van der Waals surface area contributed by atoms with Gasteiger partial charge in [-0.05, 0) is 53.9 Å². The summed E-state index contributed by atoms with van der Waals surface area (Å²) in [6, 6.07) is 14.1. The predicted molar refractivity (Wildman–Crippen MR) is 134 cm³/mol. The van der Waals surface area contributed by atoms with Crippen molar-refractivity contribution >= 4 is 40.3 Å². The molecule has 2 aliphatic rings. The van der Waals surface area contributed by atoms with Gasteiger partial charge in [-0.1, -0.05) is 17.7 Å². The zero-order chi connectivity index (χ0) is 25.8. The van der Waals surface area contributed by atoms with Crippen molar-refractivity contribution < 1.29 is 28.2 Å². The number of aromatic nitrogens is 1. The van der Waals surface area contributed by atoms with Crippen LogP contribution in [0.1, 0.15) is 39.4 Å². The molecule has 0 amide bonds. The first kappa shape index (κ1) is 23.0. The maximum absolute atomic E-state index is 14.4. The first-order valence-electron chi connectivity index (χ1n) is 11.3. The van der Waals surface area contributed by atoms with E-state index >= 15 is 0 Å². The number of nitrogens with one attached hydrogen (secondary N) is 1. The first-order valence-corrected chi connectivity index (χ1v) is 11.7. The molecule has 4 aromatic rings. The summed E-state index contributed by atoms with van der Waals surface area (Å²) >= 11 is 6.13. The van der Waals surface area contributed by atoms with Crippen molar-refractivity contribution in [2.45, 2.75) is 12.3 Å². The van der Waals surface area contributed by atoms with Gasteiger partial charge in [-0.2, -0.15) is 0 Å². The number of hydrogen-bond acceptors (Lipinski definition) is 6. The van der Waals surface area contributed by atoms with Crippen LogP contribution >= 0.6 is 11.6 Å². The molecule has 9 heteroatoms. The van der Waals surface area contributed by atoms with Crippen LogP contribution in [0, 0.1) is 5.82 Å². The lowest BCUT2D eigenvalue weighted by atomic mass is 9.85. The molecule has 0 aliphatic carbocycles. The molecule has 1 N–H and O–H groups in total. The van der Waals surface area contributed by atoms with Gasteiger partial charge in [0, 0.05) is 28.7 Å². The number of rotatable bonds is 3. The topological polar surface area (TPSA) is 94.7 Å². The average Bonchev–Trinajstić information content (AvgIpc) is 3.20. The molecule has 184 valence electrons. The molecule has 6 rings (SSSR count). The van der Waals surface area contributed by atoms with Gasteiger partial charge in [-0.3, -0.25) is 14.4 Å². The highest BCUT2D eigenvalue weighted by atomic mass is 35.5. The average molecular weight is 518 g/mol. The Kier molecular flexibility index (Phi) is 5.35. The van der Waals surface area contributed by atoms with Crippen LogP contribution in [-0.2, 0) is 4.79 Å². The zero-order valence-corrected chi connectivity index (χ0v) is 20.0. The first-order chi connectivity index (χ1) is 17.8. The Balaban J connectivity index is 1.50. The number of benzene rings is 3. The van der Waals surface area contributed by atoms with Crippen molar-refractivity contribution in [1.29, 1.82) is 0 Å². The fraction of sp³-hybridized carbons (Fsp3) is 0.107. The molecule has 3 heterocycles. The van der Waals surface area contributed by atoms with Gasteiger partial charge in [0.1, 0.15) is 23.1 Å². The number of Topliss-reactive ketones (excluding diaryl/α,β-unsaturated/α-hetero) is 1. The Morgan fingerprint density at radius 3 is 2.70 bits per heavy atom. The molecule has 0 fully saturated rings. The number of carbonyl (C=O) groups is 2. The van der Waals surface area contributed by atoms with Gasteiger partial charge < -0.3 is 19.2 Å². The van der Waals surface area contributed by atoms with Crippen molar-refractivity contribution in [2.75, 3.05) is 7.11 Å². The molecule has 0 unspecified atom stereocenters. The van der Waals surface area contributed by atoms with E-state index in [0.29, 0.717) is 22.4 Å². The number of halogens is 2. The Morgan fingerprint density at radius 1 is 1.08 bits per heavy atom. The smallest absolute Gasteiger partial charge is 0.312 e. The molecule has 0 radical (unpaired) electrons. The van der Waals surface area contributed by atoms with Crippen LogP contribution in [0.25, 0.3) is 17.0 Å². The lowest BCUT2D eigenvalue weighted by molar-refractivity contribution is -0.135. The quantitative estimate of drug-likeness (QED) is 0.222. The van der Waals surface area contributed by atoms with Gasteiger partial charge in [0.15, 0.2) is 5.76 Å². The second-order valence-electron chi connectivity index (χ2n) is 8.67. The summed E-state index contributed by atoms with van der Waals surface area (Å²) < 4.78 is 31.0. The number of allylic oxidation sites excluding steroid dienone is 1. The molecule has 3 aromatic carbocycles. The molecule has 2 aliphatic heterocycles. The van der Waals surface area contributed by atoms with Crippen LogP contribution in [0.2, 0.25) is 5.02 Å². The minimum absolute atomic E-state index is 0.0126. The predicted octanol–water partition coefficient (Wildman–Crippen LogP) is 5.39. The SMILES string of the molecule is COc1ccc2cc([C@@H]3CC(=O)Oc4ccc5c(c43)O/C(=C\c3c(F)cccc3Cl)C5=O)c(=O)[nH]c2c1. The van der Waals surface area contributed by atoms with Crippen molar-refractivity contribution in [3.63, 3.8) is 0 Å². The van der Waals surface area contributed by atoms with Gasteiger partial charge in [0.05, 0.1) is 29.6 Å². The number of aromatic amines is 1. The van der Waals surface area contributed by atoms with E-state index in [9.17, 15) is 18.8 Å². The van der Waals surface area contributed by atoms with E-state index in [4.69, 9.17) is 25.8 Å². The number of hydrogen-bond donors (Lipinski definition) is 1. The lowest BCUT2D eigenvalue weighted by Gasteiger charge is -2.26. The van der Waals surface area contributed by atoms with E-state index < -0.39 is 29.0 Å². The molecular formula is C28H17ClFNO6. The summed E-state index contributed by atoms with van der Waals surface area (Å²) in [6.07, 6.45) is 1.11. The number of H-pyrrole nitrogens is 1. The second-order valence-corrected chi connectivity index (χ2v) is 9.07. The molecule has 1 atom stereocenters. The van der Waals surface area contributed by atoms with Gasteiger partial charge in [-0.15, -0.1) is 0 Å². The Bertz CT molecular complexity index is 1720. The lowest BCUT2D eigenvalue weighted by Crippen LogP contribution is -2.26. The van der Waals surface area contributed by atoms with Crippen molar-refractivity contribution in [1.82, 2.24) is 4.98 Å². The molecular weight excluding hydrogens is 501 g/mol. The van der Waals surface area contributed by atoms with E-state index in [0.717, 1.165) is 5.39 Å². The van der Waals surface area contributed by atoms with E-state index in [1.54, 1.807) is 24.3 Å². The highest BCUT2D eigenvalue weighted by Crippen LogP contribution is 2.48. The molecule has 37 heavy (non-hydrogen) atoms. The fourth-order valence-electron chi connectivity index (χ4n) is 4.73. The third kappa shape index (κ3) is 3.77. The molecule has 7 nitrogen and oxygen atoms in total. The summed E-state index contributed by atoms with van der Waals surface area (Å²) in [5.41, 5.74) is 1.10. The van der Waals surface area contributed by atoms with Gasteiger partial charge in [0.2, 0.25) is 5.78 Å². The van der Waals surface area contributed by atoms with Crippen LogP contribution < -0.4 is 19.8 Å². The molecule has 0 saturated carbocycles. The minimum atomic E-state index is -0.745. The number of pyridine rings is 1. The van der Waals surface area contributed by atoms with Gasteiger partial charge >= 0.3 is 5.97 Å². The minimum Gasteiger partial charge on any atom is -0.497 e. The van der Waals surface area contributed by atoms with E-state index in [2.05, 4.69) is 4.98 Å².